The molecular formula is C30H31ClN2O7. The number of benzene rings is 2. The van der Waals surface area contributed by atoms with Crippen molar-refractivity contribution in [3.8, 4) is 11.5 Å². The van der Waals surface area contributed by atoms with Crippen LogP contribution >= 0.6 is 11.6 Å². The summed E-state index contributed by atoms with van der Waals surface area (Å²) in [6.45, 7) is 1.77. The molecule has 210 valence electrons. The number of allylic oxidation sites excluding steroid dienone is 3. The fraction of sp³-hybridized carbons (Fsp3) is 0.400. The number of esters is 1. The summed E-state index contributed by atoms with van der Waals surface area (Å²) in [7, 11) is 3.13. The summed E-state index contributed by atoms with van der Waals surface area (Å²) >= 11 is 6.11. The highest BCUT2D eigenvalue weighted by Gasteiger charge is 2.42. The molecule has 0 radical (unpaired) electrons. The molecule has 0 bridgehead atoms. The van der Waals surface area contributed by atoms with E-state index in [4.69, 9.17) is 25.8 Å². The van der Waals surface area contributed by atoms with Crippen LogP contribution in [0, 0.1) is 10.1 Å². The molecule has 3 aliphatic rings. The van der Waals surface area contributed by atoms with Crippen LogP contribution in [-0.2, 0) is 14.3 Å². The van der Waals surface area contributed by atoms with E-state index in [1.165, 1.54) is 12.1 Å². The topological polar surface area (TPSA) is 117 Å². The van der Waals surface area contributed by atoms with Gasteiger partial charge in [-0.3, -0.25) is 14.9 Å². The number of halogens is 1. The van der Waals surface area contributed by atoms with Crippen molar-refractivity contribution < 1.29 is 28.7 Å². The second-order valence-electron chi connectivity index (χ2n) is 10.4. The predicted octanol–water partition coefficient (Wildman–Crippen LogP) is 6.11. The number of hydrogen-bond donors (Lipinski definition) is 1. The summed E-state index contributed by atoms with van der Waals surface area (Å²) < 4.78 is 16.7. The van der Waals surface area contributed by atoms with Crippen LogP contribution in [0.5, 0.6) is 11.5 Å². The van der Waals surface area contributed by atoms with Gasteiger partial charge in [-0.2, -0.15) is 0 Å². The van der Waals surface area contributed by atoms with E-state index in [1.54, 1.807) is 27.2 Å². The summed E-state index contributed by atoms with van der Waals surface area (Å²) in [5.74, 6) is -0.449. The van der Waals surface area contributed by atoms with Crippen molar-refractivity contribution in [2.75, 3.05) is 14.2 Å². The van der Waals surface area contributed by atoms with Crippen LogP contribution in [0.1, 0.15) is 68.4 Å². The van der Waals surface area contributed by atoms with Gasteiger partial charge in [0.1, 0.15) is 11.1 Å². The van der Waals surface area contributed by atoms with Gasteiger partial charge in [0.15, 0.2) is 17.3 Å². The van der Waals surface area contributed by atoms with Crippen molar-refractivity contribution in [2.45, 2.75) is 63.4 Å². The molecule has 1 N–H and O–H groups in total. The Hall–Kier alpha value is -3.85. The number of dihydropyridines is 1. The summed E-state index contributed by atoms with van der Waals surface area (Å²) in [6.07, 6.45) is 4.10. The smallest absolute Gasteiger partial charge is 0.337 e. The number of hydrogen-bond acceptors (Lipinski definition) is 8. The number of rotatable bonds is 7. The Balaban J connectivity index is 1.57. The third-order valence-electron chi connectivity index (χ3n) is 8.00. The first-order chi connectivity index (χ1) is 19.2. The summed E-state index contributed by atoms with van der Waals surface area (Å²) in [4.78, 5) is 38.6. The minimum absolute atomic E-state index is 0.0174. The minimum Gasteiger partial charge on any atom is -0.493 e. The Morgan fingerprint density at radius 2 is 1.73 bits per heavy atom. The van der Waals surface area contributed by atoms with E-state index < -0.39 is 16.8 Å². The van der Waals surface area contributed by atoms with E-state index in [-0.39, 0.29) is 34.9 Å². The number of nitro groups is 1. The predicted molar refractivity (Wildman–Crippen MR) is 149 cm³/mol. The van der Waals surface area contributed by atoms with Gasteiger partial charge in [0.2, 0.25) is 0 Å². The number of ketones is 1. The Kier molecular flexibility index (Phi) is 7.85. The van der Waals surface area contributed by atoms with Gasteiger partial charge in [-0.15, -0.1) is 0 Å². The molecule has 1 aliphatic heterocycles. The average Bonchev–Trinajstić information content (AvgIpc) is 3.44. The van der Waals surface area contributed by atoms with Crippen molar-refractivity contribution in [2.24, 2.45) is 0 Å². The zero-order valence-corrected chi connectivity index (χ0v) is 23.4. The number of carbonyl (C=O) groups is 2. The fourth-order valence-corrected chi connectivity index (χ4v) is 6.24. The number of Topliss-reactive ketones (excluding diaryl/α,β-unsaturated/α-hetero) is 1. The van der Waals surface area contributed by atoms with Crippen LogP contribution in [0.3, 0.4) is 0 Å². The number of ether oxygens (including phenoxy) is 3. The number of carbonyl (C=O) groups excluding carboxylic acids is 2. The standard InChI is InChI=1S/C30H31ClN2O7/c1-16-27(30(35)40-20-6-4-5-7-20)28(18-8-10-21(31)23(13-18)33(36)37)29-22(32-16)12-19(14-24(29)34)17-9-11-25(38-2)26(15-17)39-3/h8-11,13,15,19-20,28,32H,4-7,12,14H2,1-3H3/t19-,28-/m0/s1. The highest BCUT2D eigenvalue weighted by Crippen LogP contribution is 2.47. The molecule has 1 fully saturated rings. The number of methoxy groups -OCH3 is 2. The lowest BCUT2D eigenvalue weighted by Crippen LogP contribution is -2.36. The third-order valence-corrected chi connectivity index (χ3v) is 8.32. The maximum absolute atomic E-state index is 13.9. The molecule has 2 aliphatic carbocycles. The molecule has 10 heteroatoms. The van der Waals surface area contributed by atoms with E-state index in [0.717, 1.165) is 31.2 Å². The van der Waals surface area contributed by atoms with Gasteiger partial charge >= 0.3 is 5.97 Å². The van der Waals surface area contributed by atoms with Crippen molar-refractivity contribution in [1.29, 1.82) is 0 Å². The SMILES string of the molecule is COc1ccc([C@@H]2CC(=O)C3=C(C2)NC(C)=C(C(=O)OC2CCCC2)[C@@H]3c2ccc(Cl)c([N+](=O)[O-])c2)cc1OC. The van der Waals surface area contributed by atoms with Gasteiger partial charge in [-0.05, 0) is 74.3 Å². The molecule has 2 aromatic rings. The van der Waals surface area contributed by atoms with Crippen LogP contribution in [-0.4, -0.2) is 37.0 Å². The zero-order valence-electron chi connectivity index (χ0n) is 22.6. The molecule has 1 heterocycles. The number of nitro benzene ring substituents is 1. The summed E-state index contributed by atoms with van der Waals surface area (Å²) in [5.41, 5.74) is 3.05. The number of nitrogens with one attached hydrogen (secondary N) is 1. The fourth-order valence-electron chi connectivity index (χ4n) is 6.06. The van der Waals surface area contributed by atoms with E-state index in [0.29, 0.717) is 46.0 Å². The van der Waals surface area contributed by atoms with Crippen molar-refractivity contribution in [3.63, 3.8) is 0 Å². The molecule has 40 heavy (non-hydrogen) atoms. The second kappa shape index (κ2) is 11.3. The molecule has 1 saturated carbocycles. The highest BCUT2D eigenvalue weighted by molar-refractivity contribution is 6.32. The van der Waals surface area contributed by atoms with E-state index in [1.807, 2.05) is 18.2 Å². The quantitative estimate of drug-likeness (QED) is 0.242. The molecule has 2 atom stereocenters. The molecule has 0 aromatic heterocycles. The molecule has 0 unspecified atom stereocenters. The Morgan fingerprint density at radius 3 is 2.40 bits per heavy atom. The summed E-state index contributed by atoms with van der Waals surface area (Å²) in [5, 5.41) is 15.0. The van der Waals surface area contributed by atoms with Gasteiger partial charge < -0.3 is 19.5 Å². The molecule has 9 nitrogen and oxygen atoms in total. The van der Waals surface area contributed by atoms with Gasteiger partial charge in [-0.25, -0.2) is 4.79 Å². The minimum atomic E-state index is -0.819. The van der Waals surface area contributed by atoms with Gasteiger partial charge in [0.25, 0.3) is 5.69 Å². The van der Waals surface area contributed by atoms with Gasteiger partial charge in [0.05, 0.1) is 24.7 Å². The van der Waals surface area contributed by atoms with E-state index in [2.05, 4.69) is 5.32 Å². The van der Waals surface area contributed by atoms with Crippen LogP contribution in [0.25, 0.3) is 0 Å². The Labute approximate surface area is 237 Å². The lowest BCUT2D eigenvalue weighted by Gasteiger charge is -2.37. The second-order valence-corrected chi connectivity index (χ2v) is 10.8. The highest BCUT2D eigenvalue weighted by atomic mass is 35.5. The van der Waals surface area contributed by atoms with Gasteiger partial charge in [-0.1, -0.05) is 23.7 Å². The van der Waals surface area contributed by atoms with Gasteiger partial charge in [0, 0.05) is 35.4 Å². The lowest BCUT2D eigenvalue weighted by molar-refractivity contribution is -0.384. The normalized spacial score (nSPS) is 21.1. The molecule has 5 rings (SSSR count). The number of nitrogens with zero attached hydrogens (tertiary/aromatic N) is 1. The molecule has 0 saturated heterocycles. The first-order valence-corrected chi connectivity index (χ1v) is 13.7. The zero-order chi connectivity index (χ0) is 28.6. The Bertz CT molecular complexity index is 1440. The molecule has 0 amide bonds. The average molecular weight is 567 g/mol. The van der Waals surface area contributed by atoms with E-state index >= 15 is 0 Å². The maximum Gasteiger partial charge on any atom is 0.337 e. The maximum atomic E-state index is 13.9. The van der Waals surface area contributed by atoms with Crippen molar-refractivity contribution in [1.82, 2.24) is 5.32 Å². The Morgan fingerprint density at radius 1 is 1.02 bits per heavy atom. The molecule has 0 spiro atoms. The first kappa shape index (κ1) is 27.7. The van der Waals surface area contributed by atoms with E-state index in [9.17, 15) is 19.7 Å². The lowest BCUT2D eigenvalue weighted by atomic mass is 9.71. The van der Waals surface area contributed by atoms with Crippen LogP contribution < -0.4 is 14.8 Å². The van der Waals surface area contributed by atoms with Crippen molar-refractivity contribution in [3.05, 3.63) is 85.2 Å². The monoisotopic (exact) mass is 566 g/mol. The van der Waals surface area contributed by atoms with Crippen LogP contribution in [0.2, 0.25) is 5.02 Å². The third kappa shape index (κ3) is 5.18. The molecular weight excluding hydrogens is 536 g/mol. The largest absolute Gasteiger partial charge is 0.493 e. The van der Waals surface area contributed by atoms with Crippen LogP contribution in [0.15, 0.2) is 58.9 Å². The summed E-state index contributed by atoms with van der Waals surface area (Å²) in [6, 6.07) is 10.0. The van der Waals surface area contributed by atoms with Crippen molar-refractivity contribution >= 4 is 29.0 Å². The van der Waals surface area contributed by atoms with Crippen LogP contribution in [0.4, 0.5) is 5.69 Å². The first-order valence-electron chi connectivity index (χ1n) is 13.3. The molecule has 2 aromatic carbocycles.